The first kappa shape index (κ1) is 17.6. The van der Waals surface area contributed by atoms with Crippen LogP contribution in [-0.2, 0) is 5.75 Å². The molecule has 1 atom stereocenters. The molecule has 0 bridgehead atoms. The van der Waals surface area contributed by atoms with Gasteiger partial charge in [0.15, 0.2) is 0 Å². The van der Waals surface area contributed by atoms with E-state index in [1.54, 1.807) is 11.8 Å². The van der Waals surface area contributed by atoms with Crippen LogP contribution < -0.4 is 5.32 Å². The van der Waals surface area contributed by atoms with Crippen LogP contribution in [-0.4, -0.2) is 30.4 Å². The number of aliphatic hydroxyl groups is 1. The zero-order valence-corrected chi connectivity index (χ0v) is 14.2. The molecule has 2 aromatic rings. The molecular weight excluding hydrogens is 306 g/mol. The Hall–Kier alpha value is -1.78. The van der Waals surface area contributed by atoms with Crippen LogP contribution in [0.1, 0.15) is 33.8 Å². The second kappa shape index (κ2) is 9.38. The minimum absolute atomic E-state index is 0.0698. The molecule has 2 rings (SSSR count). The van der Waals surface area contributed by atoms with E-state index in [4.69, 9.17) is 0 Å². The highest BCUT2D eigenvalue weighted by Crippen LogP contribution is 2.18. The van der Waals surface area contributed by atoms with Crippen LogP contribution >= 0.6 is 11.8 Å². The van der Waals surface area contributed by atoms with Crippen LogP contribution in [0.5, 0.6) is 0 Å². The van der Waals surface area contributed by atoms with Gasteiger partial charge in [0, 0.05) is 30.4 Å². The third-order valence-corrected chi connectivity index (χ3v) is 4.41. The van der Waals surface area contributed by atoms with Crippen molar-refractivity contribution < 1.29 is 9.90 Å². The summed E-state index contributed by atoms with van der Waals surface area (Å²) in [6.45, 7) is 0.634. The summed E-state index contributed by atoms with van der Waals surface area (Å²) in [6, 6.07) is 17.7. The monoisotopic (exact) mass is 329 g/mol. The molecule has 23 heavy (non-hydrogen) atoms. The Labute approximate surface area is 142 Å². The van der Waals surface area contributed by atoms with E-state index >= 15 is 0 Å². The van der Waals surface area contributed by atoms with E-state index in [-0.39, 0.29) is 18.4 Å². The molecule has 4 heteroatoms. The Morgan fingerprint density at radius 1 is 1.13 bits per heavy atom. The molecule has 0 radical (unpaired) electrons. The van der Waals surface area contributed by atoms with E-state index in [2.05, 4.69) is 11.6 Å². The van der Waals surface area contributed by atoms with Crippen molar-refractivity contribution in [3.05, 3.63) is 71.3 Å². The number of thioether (sulfide) groups is 1. The fourth-order valence-corrected chi connectivity index (χ4v) is 3.03. The van der Waals surface area contributed by atoms with Gasteiger partial charge in [0.2, 0.25) is 0 Å². The molecule has 0 spiro atoms. The molecule has 0 aromatic heterocycles. The third-order valence-electron chi connectivity index (χ3n) is 3.78. The summed E-state index contributed by atoms with van der Waals surface area (Å²) >= 11 is 1.76. The molecule has 0 heterocycles. The number of carbonyl (C=O) groups excluding carboxylic acids is 1. The Balaban J connectivity index is 1.95. The predicted molar refractivity (Wildman–Crippen MR) is 96.9 cm³/mol. The van der Waals surface area contributed by atoms with Gasteiger partial charge in [-0.1, -0.05) is 42.5 Å². The van der Waals surface area contributed by atoms with E-state index in [1.165, 1.54) is 5.56 Å². The van der Waals surface area contributed by atoms with E-state index in [1.807, 2.05) is 54.6 Å². The number of hydrogen-bond acceptors (Lipinski definition) is 3. The highest BCUT2D eigenvalue weighted by Gasteiger charge is 2.13. The quantitative estimate of drug-likeness (QED) is 0.780. The van der Waals surface area contributed by atoms with Crippen LogP contribution in [0.25, 0.3) is 0 Å². The van der Waals surface area contributed by atoms with Crippen molar-refractivity contribution in [2.75, 3.05) is 19.4 Å². The van der Waals surface area contributed by atoms with Crippen LogP contribution in [0.15, 0.2) is 54.6 Å². The van der Waals surface area contributed by atoms with Crippen LogP contribution in [0.2, 0.25) is 0 Å². The SMILES string of the molecule is CSCc1ccc(C(=O)NCC(CCO)c2ccccc2)cc1. The van der Waals surface area contributed by atoms with Crippen molar-refractivity contribution in [1.82, 2.24) is 5.32 Å². The number of carbonyl (C=O) groups is 1. The summed E-state index contributed by atoms with van der Waals surface area (Å²) in [6.07, 6.45) is 2.70. The zero-order valence-electron chi connectivity index (χ0n) is 13.4. The number of hydrogen-bond donors (Lipinski definition) is 2. The molecule has 1 amide bonds. The maximum absolute atomic E-state index is 12.3. The number of nitrogens with one attached hydrogen (secondary N) is 1. The summed E-state index contributed by atoms with van der Waals surface area (Å²) in [4.78, 5) is 12.3. The lowest BCUT2D eigenvalue weighted by molar-refractivity contribution is 0.0949. The van der Waals surface area contributed by atoms with Crippen molar-refractivity contribution in [3.8, 4) is 0 Å². The molecule has 0 aliphatic rings. The number of rotatable bonds is 8. The molecule has 0 aliphatic carbocycles. The first-order valence-corrected chi connectivity index (χ1v) is 9.16. The second-order valence-corrected chi connectivity index (χ2v) is 6.33. The number of aliphatic hydroxyl groups excluding tert-OH is 1. The second-order valence-electron chi connectivity index (χ2n) is 5.46. The first-order valence-electron chi connectivity index (χ1n) is 7.76. The fourth-order valence-electron chi connectivity index (χ4n) is 2.50. The average molecular weight is 329 g/mol. The van der Waals surface area contributed by atoms with Crippen LogP contribution in [0, 0.1) is 0 Å². The summed E-state index contributed by atoms with van der Waals surface area (Å²) in [5, 5.41) is 12.2. The maximum atomic E-state index is 12.3. The molecule has 2 aromatic carbocycles. The molecule has 0 fully saturated rings. The normalized spacial score (nSPS) is 11.9. The average Bonchev–Trinajstić information content (AvgIpc) is 2.60. The lowest BCUT2D eigenvalue weighted by Crippen LogP contribution is -2.28. The van der Waals surface area contributed by atoms with Crippen molar-refractivity contribution >= 4 is 17.7 Å². The molecule has 3 nitrogen and oxygen atoms in total. The molecule has 0 saturated carbocycles. The summed E-state index contributed by atoms with van der Waals surface area (Å²) in [7, 11) is 0. The fraction of sp³-hybridized carbons (Fsp3) is 0.316. The van der Waals surface area contributed by atoms with Gasteiger partial charge in [-0.25, -0.2) is 0 Å². The standard InChI is InChI=1S/C19H23NO2S/c1-23-14-15-7-9-17(10-8-15)19(22)20-13-18(11-12-21)16-5-3-2-4-6-16/h2-10,18,21H,11-14H2,1H3,(H,20,22). The van der Waals surface area contributed by atoms with E-state index < -0.39 is 0 Å². The van der Waals surface area contributed by atoms with Crippen molar-refractivity contribution in [3.63, 3.8) is 0 Å². The molecule has 0 aliphatic heterocycles. The highest BCUT2D eigenvalue weighted by atomic mass is 32.2. The summed E-state index contributed by atoms with van der Waals surface area (Å²) < 4.78 is 0. The minimum atomic E-state index is -0.0698. The van der Waals surface area contributed by atoms with Crippen LogP contribution in [0.4, 0.5) is 0 Å². The van der Waals surface area contributed by atoms with Crippen molar-refractivity contribution in [2.24, 2.45) is 0 Å². The van der Waals surface area contributed by atoms with Crippen molar-refractivity contribution in [2.45, 2.75) is 18.1 Å². The largest absolute Gasteiger partial charge is 0.396 e. The Morgan fingerprint density at radius 2 is 1.83 bits per heavy atom. The number of benzene rings is 2. The topological polar surface area (TPSA) is 49.3 Å². The van der Waals surface area contributed by atoms with Gasteiger partial charge in [-0.2, -0.15) is 11.8 Å². The third kappa shape index (κ3) is 5.41. The minimum Gasteiger partial charge on any atom is -0.396 e. The van der Waals surface area contributed by atoms with Gasteiger partial charge >= 0.3 is 0 Å². The van der Waals surface area contributed by atoms with Gasteiger partial charge in [0.25, 0.3) is 5.91 Å². The van der Waals surface area contributed by atoms with Gasteiger partial charge in [0.05, 0.1) is 0 Å². The molecule has 122 valence electrons. The zero-order chi connectivity index (χ0) is 16.5. The molecular formula is C19H23NO2S. The molecule has 1 unspecified atom stereocenters. The lowest BCUT2D eigenvalue weighted by Gasteiger charge is -2.17. The van der Waals surface area contributed by atoms with Gasteiger partial charge in [-0.05, 0) is 35.9 Å². The number of amides is 1. The van der Waals surface area contributed by atoms with Gasteiger partial charge in [0.1, 0.15) is 0 Å². The van der Waals surface area contributed by atoms with Gasteiger partial charge < -0.3 is 10.4 Å². The van der Waals surface area contributed by atoms with Crippen LogP contribution in [0.3, 0.4) is 0 Å². The smallest absolute Gasteiger partial charge is 0.251 e. The molecule has 2 N–H and O–H groups in total. The maximum Gasteiger partial charge on any atom is 0.251 e. The summed E-state index contributed by atoms with van der Waals surface area (Å²) in [5.41, 5.74) is 3.03. The first-order chi connectivity index (χ1) is 11.2. The summed E-state index contributed by atoms with van der Waals surface area (Å²) in [5.74, 6) is 1.01. The van der Waals surface area contributed by atoms with Crippen molar-refractivity contribution in [1.29, 1.82) is 0 Å². The van der Waals surface area contributed by atoms with E-state index in [9.17, 15) is 9.90 Å². The molecule has 0 saturated heterocycles. The Bertz CT molecular complexity index is 599. The Kier molecular flexibility index (Phi) is 7.17. The highest BCUT2D eigenvalue weighted by molar-refractivity contribution is 7.97. The van der Waals surface area contributed by atoms with E-state index in [0.717, 1.165) is 11.3 Å². The van der Waals surface area contributed by atoms with Gasteiger partial charge in [-0.15, -0.1) is 0 Å². The Morgan fingerprint density at radius 3 is 2.43 bits per heavy atom. The predicted octanol–water partition coefficient (Wildman–Crippen LogP) is 3.45. The lowest BCUT2D eigenvalue weighted by atomic mass is 9.96. The van der Waals surface area contributed by atoms with E-state index in [0.29, 0.717) is 18.5 Å². The van der Waals surface area contributed by atoms with Gasteiger partial charge in [-0.3, -0.25) is 4.79 Å².